The van der Waals surface area contributed by atoms with E-state index in [2.05, 4.69) is 76.3 Å². The fourth-order valence-electron chi connectivity index (χ4n) is 5.34. The van der Waals surface area contributed by atoms with Crippen LogP contribution in [-0.4, -0.2) is 67.4 Å². The van der Waals surface area contributed by atoms with E-state index in [-0.39, 0.29) is 0 Å². The summed E-state index contributed by atoms with van der Waals surface area (Å²) in [7, 11) is 0. The Morgan fingerprint density at radius 2 is 1.86 bits per heavy atom. The van der Waals surface area contributed by atoms with Crippen LogP contribution in [0, 0.1) is 0 Å². The maximum atomic E-state index is 5.99. The molecule has 0 spiro atoms. The molecule has 0 aliphatic carbocycles. The number of hydrogen-bond acceptors (Lipinski definition) is 4. The van der Waals surface area contributed by atoms with E-state index in [1.165, 1.54) is 61.2 Å². The minimum Gasteiger partial charge on any atom is -0.379 e. The lowest BCUT2D eigenvalue weighted by molar-refractivity contribution is 0.0368. The Kier molecular flexibility index (Phi) is 10.4. The van der Waals surface area contributed by atoms with Crippen LogP contribution >= 0.6 is 12.2 Å². The highest BCUT2D eigenvalue weighted by atomic mass is 32.1. The number of ether oxygens (including phenoxy) is 1. The number of anilines is 2. The SMILES string of the molecule is CCCCN1CCCc2cc(CN(CCCN3CCOCC3)C(=S)Nc3ccccc3CC)ccc21. The molecule has 1 saturated heterocycles. The summed E-state index contributed by atoms with van der Waals surface area (Å²) >= 11 is 5.99. The Balaban J connectivity index is 1.46. The van der Waals surface area contributed by atoms with Crippen LogP contribution in [0.15, 0.2) is 42.5 Å². The molecule has 36 heavy (non-hydrogen) atoms. The van der Waals surface area contributed by atoms with Gasteiger partial charge < -0.3 is 19.9 Å². The van der Waals surface area contributed by atoms with Crippen LogP contribution in [-0.2, 0) is 24.1 Å². The van der Waals surface area contributed by atoms with Crippen molar-refractivity contribution < 1.29 is 4.74 Å². The van der Waals surface area contributed by atoms with Crippen molar-refractivity contribution in [1.29, 1.82) is 0 Å². The lowest BCUT2D eigenvalue weighted by Crippen LogP contribution is -2.40. The third-order valence-corrected chi connectivity index (χ3v) is 7.81. The maximum Gasteiger partial charge on any atom is 0.173 e. The van der Waals surface area contributed by atoms with Gasteiger partial charge in [-0.25, -0.2) is 0 Å². The zero-order valence-corrected chi connectivity index (χ0v) is 23.1. The largest absolute Gasteiger partial charge is 0.379 e. The van der Waals surface area contributed by atoms with Crippen LogP contribution in [0.3, 0.4) is 0 Å². The molecule has 6 heteroatoms. The second-order valence-electron chi connectivity index (χ2n) is 10.1. The van der Waals surface area contributed by atoms with Crippen LogP contribution < -0.4 is 10.2 Å². The van der Waals surface area contributed by atoms with Gasteiger partial charge in [-0.1, -0.05) is 50.6 Å². The topological polar surface area (TPSA) is 31.0 Å². The van der Waals surface area contributed by atoms with Crippen molar-refractivity contribution in [3.63, 3.8) is 0 Å². The highest BCUT2D eigenvalue weighted by molar-refractivity contribution is 7.80. The monoisotopic (exact) mass is 508 g/mol. The normalized spacial score (nSPS) is 16.0. The summed E-state index contributed by atoms with van der Waals surface area (Å²) in [6.07, 6.45) is 7.01. The standard InChI is InChI=1S/C30H44N4OS/c1-3-5-16-33-17-8-11-27-23-25(13-14-29(27)33)24-34(18-9-15-32-19-21-35-22-20-32)30(36)31-28-12-7-6-10-26(28)4-2/h6-7,10,12-14,23H,3-5,8-9,11,15-22,24H2,1-2H3,(H,31,36). The predicted molar refractivity (Wildman–Crippen MR) is 156 cm³/mol. The van der Waals surface area contributed by atoms with Crippen LogP contribution in [0.1, 0.15) is 56.2 Å². The van der Waals surface area contributed by atoms with Gasteiger partial charge in [-0.3, -0.25) is 4.90 Å². The van der Waals surface area contributed by atoms with Gasteiger partial charge >= 0.3 is 0 Å². The molecular weight excluding hydrogens is 464 g/mol. The molecule has 1 N–H and O–H groups in total. The lowest BCUT2D eigenvalue weighted by atomic mass is 9.98. The average Bonchev–Trinajstić information content (AvgIpc) is 2.92. The molecule has 0 atom stereocenters. The molecular formula is C30H44N4OS. The number of para-hydroxylation sites is 1. The van der Waals surface area contributed by atoms with Gasteiger partial charge in [-0.15, -0.1) is 0 Å². The number of unbranched alkanes of at least 4 members (excludes halogenated alkanes) is 1. The molecule has 0 amide bonds. The first-order chi connectivity index (χ1) is 17.7. The molecule has 0 unspecified atom stereocenters. The van der Waals surface area contributed by atoms with Crippen molar-refractivity contribution in [3.05, 3.63) is 59.2 Å². The number of hydrogen-bond donors (Lipinski definition) is 1. The molecule has 2 aromatic rings. The fraction of sp³-hybridized carbons (Fsp3) is 0.567. The van der Waals surface area contributed by atoms with Crippen molar-refractivity contribution >= 4 is 28.7 Å². The molecule has 0 radical (unpaired) electrons. The van der Waals surface area contributed by atoms with Gasteiger partial charge in [-0.05, 0) is 73.1 Å². The number of morpholine rings is 1. The van der Waals surface area contributed by atoms with E-state index in [1.807, 2.05) is 0 Å². The van der Waals surface area contributed by atoms with Gasteiger partial charge in [-0.2, -0.15) is 0 Å². The lowest BCUT2D eigenvalue weighted by Gasteiger charge is -2.33. The van der Waals surface area contributed by atoms with Gasteiger partial charge in [0.05, 0.1) is 13.2 Å². The molecule has 0 bridgehead atoms. The van der Waals surface area contributed by atoms with E-state index >= 15 is 0 Å². The summed E-state index contributed by atoms with van der Waals surface area (Å²) in [6, 6.07) is 15.6. The molecule has 0 aromatic heterocycles. The fourth-order valence-corrected chi connectivity index (χ4v) is 5.60. The minimum absolute atomic E-state index is 0.820. The van der Waals surface area contributed by atoms with Crippen molar-refractivity contribution in [3.8, 4) is 0 Å². The third kappa shape index (κ3) is 7.44. The van der Waals surface area contributed by atoms with E-state index < -0.39 is 0 Å². The van der Waals surface area contributed by atoms with Gasteiger partial charge in [0, 0.05) is 57.2 Å². The van der Waals surface area contributed by atoms with Crippen LogP contribution in [0.5, 0.6) is 0 Å². The highest BCUT2D eigenvalue weighted by Gasteiger charge is 2.19. The summed E-state index contributed by atoms with van der Waals surface area (Å²) in [6.45, 7) is 13.5. The van der Waals surface area contributed by atoms with E-state index in [0.29, 0.717) is 0 Å². The summed E-state index contributed by atoms with van der Waals surface area (Å²) in [4.78, 5) is 7.45. The Morgan fingerprint density at radius 3 is 2.67 bits per heavy atom. The predicted octanol–water partition coefficient (Wildman–Crippen LogP) is 5.72. The molecule has 2 aliphatic heterocycles. The van der Waals surface area contributed by atoms with E-state index in [9.17, 15) is 0 Å². The zero-order valence-electron chi connectivity index (χ0n) is 22.3. The molecule has 2 heterocycles. The second-order valence-corrected chi connectivity index (χ2v) is 10.5. The van der Waals surface area contributed by atoms with E-state index in [1.54, 1.807) is 0 Å². The average molecular weight is 509 g/mol. The zero-order chi connectivity index (χ0) is 25.2. The number of aryl methyl sites for hydroxylation is 2. The summed E-state index contributed by atoms with van der Waals surface area (Å²) in [5, 5.41) is 4.40. The van der Waals surface area contributed by atoms with Gasteiger partial charge in [0.25, 0.3) is 0 Å². The molecule has 0 saturated carbocycles. The summed E-state index contributed by atoms with van der Waals surface area (Å²) in [5.41, 5.74) is 6.72. The second kappa shape index (κ2) is 14.0. The number of rotatable bonds is 11. The van der Waals surface area contributed by atoms with Crippen LogP contribution in [0.2, 0.25) is 0 Å². The van der Waals surface area contributed by atoms with Crippen molar-refractivity contribution in [2.45, 2.75) is 58.9 Å². The molecule has 2 aromatic carbocycles. The van der Waals surface area contributed by atoms with Crippen molar-refractivity contribution in [2.75, 3.05) is 62.7 Å². The molecule has 1 fully saturated rings. The smallest absolute Gasteiger partial charge is 0.173 e. The molecule has 5 nitrogen and oxygen atoms in total. The van der Waals surface area contributed by atoms with Gasteiger partial charge in [0.2, 0.25) is 0 Å². The first-order valence-electron chi connectivity index (χ1n) is 14.0. The maximum absolute atomic E-state index is 5.99. The molecule has 196 valence electrons. The Labute approximate surface area is 223 Å². The van der Waals surface area contributed by atoms with Crippen LogP contribution in [0.25, 0.3) is 0 Å². The first kappa shape index (κ1) is 26.9. The number of fused-ring (bicyclic) bond motifs is 1. The third-order valence-electron chi connectivity index (χ3n) is 7.45. The Morgan fingerprint density at radius 1 is 1.03 bits per heavy atom. The van der Waals surface area contributed by atoms with Gasteiger partial charge in [0.15, 0.2) is 5.11 Å². The Bertz CT molecular complexity index is 975. The Hall–Kier alpha value is -2.15. The first-order valence-corrected chi connectivity index (χ1v) is 14.4. The number of thiocarbonyl (C=S) groups is 1. The van der Waals surface area contributed by atoms with Gasteiger partial charge in [0.1, 0.15) is 0 Å². The van der Waals surface area contributed by atoms with Crippen molar-refractivity contribution in [2.24, 2.45) is 0 Å². The molecule has 4 rings (SSSR count). The summed E-state index contributed by atoms with van der Waals surface area (Å²) in [5.74, 6) is 0. The van der Waals surface area contributed by atoms with Crippen molar-refractivity contribution in [1.82, 2.24) is 9.80 Å². The number of nitrogens with one attached hydrogen (secondary N) is 1. The summed E-state index contributed by atoms with van der Waals surface area (Å²) < 4.78 is 5.52. The highest BCUT2D eigenvalue weighted by Crippen LogP contribution is 2.29. The van der Waals surface area contributed by atoms with E-state index in [4.69, 9.17) is 17.0 Å². The molecule has 2 aliphatic rings. The quantitative estimate of drug-likeness (QED) is 0.391. The van der Waals surface area contributed by atoms with E-state index in [0.717, 1.165) is 69.6 Å². The number of nitrogens with zero attached hydrogens (tertiary/aromatic N) is 3. The van der Waals surface area contributed by atoms with Crippen LogP contribution in [0.4, 0.5) is 11.4 Å². The number of benzene rings is 2. The minimum atomic E-state index is 0.820.